The highest BCUT2D eigenvalue weighted by Crippen LogP contribution is 2.35. The summed E-state index contributed by atoms with van der Waals surface area (Å²) >= 11 is 6.06. The molecule has 0 radical (unpaired) electrons. The van der Waals surface area contributed by atoms with E-state index in [-0.39, 0.29) is 16.6 Å². The number of nitrogens with one attached hydrogen (secondary N) is 1. The number of nitrogens with zero attached hydrogens (tertiary/aromatic N) is 2. The average Bonchev–Trinajstić information content (AvgIpc) is 3.40. The molecular weight excluding hydrogens is 342 g/mol. The van der Waals surface area contributed by atoms with Crippen molar-refractivity contribution < 1.29 is 9.72 Å². The van der Waals surface area contributed by atoms with E-state index in [0.717, 1.165) is 31.6 Å². The van der Waals surface area contributed by atoms with Crippen molar-refractivity contribution in [3.8, 4) is 0 Å². The summed E-state index contributed by atoms with van der Waals surface area (Å²) in [4.78, 5) is 25.1. The molecule has 0 spiro atoms. The molecule has 7 heteroatoms. The Hall–Kier alpha value is -1.66. The largest absolute Gasteiger partial charge is 0.324 e. The van der Waals surface area contributed by atoms with Gasteiger partial charge in [-0.1, -0.05) is 18.5 Å². The Labute approximate surface area is 152 Å². The van der Waals surface area contributed by atoms with Crippen LogP contribution in [0.5, 0.6) is 0 Å². The number of non-ortho nitro benzene ring substituents is 1. The van der Waals surface area contributed by atoms with Crippen LogP contribution in [-0.4, -0.2) is 34.4 Å². The maximum atomic E-state index is 12.5. The molecular formula is C18H24ClN3O3. The zero-order valence-corrected chi connectivity index (χ0v) is 15.2. The SMILES string of the molecule is CC1CCC(N(CC(=O)Nc2ccc([N+](=O)[O-])cc2Cl)C2CC2)CC1. The lowest BCUT2D eigenvalue weighted by molar-refractivity contribution is -0.384. The van der Waals surface area contributed by atoms with E-state index < -0.39 is 4.92 Å². The molecule has 136 valence electrons. The van der Waals surface area contributed by atoms with E-state index >= 15 is 0 Å². The van der Waals surface area contributed by atoms with Gasteiger partial charge in [0.1, 0.15) is 0 Å². The fourth-order valence-corrected chi connectivity index (χ4v) is 3.83. The maximum Gasteiger partial charge on any atom is 0.271 e. The number of rotatable bonds is 6. The summed E-state index contributed by atoms with van der Waals surface area (Å²) in [5, 5.41) is 13.8. The van der Waals surface area contributed by atoms with Crippen LogP contribution in [0, 0.1) is 16.0 Å². The highest BCUT2D eigenvalue weighted by molar-refractivity contribution is 6.34. The molecule has 0 aliphatic heterocycles. The molecule has 25 heavy (non-hydrogen) atoms. The van der Waals surface area contributed by atoms with Crippen LogP contribution in [0.25, 0.3) is 0 Å². The molecule has 1 N–H and O–H groups in total. The Morgan fingerprint density at radius 1 is 1.24 bits per heavy atom. The van der Waals surface area contributed by atoms with Crippen LogP contribution in [0.3, 0.4) is 0 Å². The normalized spacial score (nSPS) is 23.5. The molecule has 0 unspecified atom stereocenters. The lowest BCUT2D eigenvalue weighted by Crippen LogP contribution is -2.44. The lowest BCUT2D eigenvalue weighted by Gasteiger charge is -2.36. The Bertz CT molecular complexity index is 655. The second-order valence-electron chi connectivity index (χ2n) is 7.29. The number of halogens is 1. The molecule has 0 heterocycles. The summed E-state index contributed by atoms with van der Waals surface area (Å²) in [5.41, 5.74) is 0.337. The zero-order chi connectivity index (χ0) is 18.0. The minimum Gasteiger partial charge on any atom is -0.324 e. The second-order valence-corrected chi connectivity index (χ2v) is 7.69. The monoisotopic (exact) mass is 365 g/mol. The van der Waals surface area contributed by atoms with E-state index in [4.69, 9.17) is 11.6 Å². The van der Waals surface area contributed by atoms with Crippen molar-refractivity contribution in [3.05, 3.63) is 33.3 Å². The number of hydrogen-bond acceptors (Lipinski definition) is 4. The van der Waals surface area contributed by atoms with Crippen molar-refractivity contribution in [2.45, 2.75) is 57.5 Å². The number of nitro benzene ring substituents is 1. The molecule has 2 fully saturated rings. The average molecular weight is 366 g/mol. The van der Waals surface area contributed by atoms with Gasteiger partial charge < -0.3 is 5.32 Å². The van der Waals surface area contributed by atoms with Crippen LogP contribution >= 0.6 is 11.6 Å². The fourth-order valence-electron chi connectivity index (χ4n) is 3.61. The van der Waals surface area contributed by atoms with Crippen molar-refractivity contribution in [1.29, 1.82) is 0 Å². The van der Waals surface area contributed by atoms with Crippen LogP contribution in [0.15, 0.2) is 18.2 Å². The van der Waals surface area contributed by atoms with E-state index in [2.05, 4.69) is 17.1 Å². The molecule has 1 amide bonds. The highest BCUT2D eigenvalue weighted by atomic mass is 35.5. The molecule has 0 aromatic heterocycles. The molecule has 2 aliphatic rings. The summed E-state index contributed by atoms with van der Waals surface area (Å²) < 4.78 is 0. The summed E-state index contributed by atoms with van der Waals surface area (Å²) in [7, 11) is 0. The van der Waals surface area contributed by atoms with Gasteiger partial charge in [0.15, 0.2) is 0 Å². The van der Waals surface area contributed by atoms with Crippen LogP contribution in [-0.2, 0) is 4.79 Å². The van der Waals surface area contributed by atoms with Gasteiger partial charge in [0, 0.05) is 24.2 Å². The molecule has 0 atom stereocenters. The number of amides is 1. The molecule has 0 bridgehead atoms. The van der Waals surface area contributed by atoms with Gasteiger partial charge in [0.25, 0.3) is 5.69 Å². The summed E-state index contributed by atoms with van der Waals surface area (Å²) in [5.74, 6) is 0.673. The van der Waals surface area contributed by atoms with Crippen molar-refractivity contribution >= 4 is 28.9 Å². The predicted octanol–water partition coefficient (Wildman–Crippen LogP) is 4.23. The summed E-state index contributed by atoms with van der Waals surface area (Å²) in [6.45, 7) is 2.65. The van der Waals surface area contributed by atoms with Crippen molar-refractivity contribution in [1.82, 2.24) is 4.90 Å². The second kappa shape index (κ2) is 7.70. The number of hydrogen-bond donors (Lipinski definition) is 1. The Morgan fingerprint density at radius 2 is 1.84 bits per heavy atom. The third-order valence-corrected chi connectivity index (χ3v) is 5.55. The smallest absolute Gasteiger partial charge is 0.271 e. The molecule has 2 aliphatic carbocycles. The van der Waals surface area contributed by atoms with Gasteiger partial charge in [-0.05, 0) is 50.5 Å². The van der Waals surface area contributed by atoms with Crippen molar-refractivity contribution in [2.24, 2.45) is 5.92 Å². The van der Waals surface area contributed by atoms with E-state index in [1.807, 2.05) is 0 Å². The Morgan fingerprint density at radius 3 is 2.36 bits per heavy atom. The van der Waals surface area contributed by atoms with Gasteiger partial charge >= 0.3 is 0 Å². The van der Waals surface area contributed by atoms with Gasteiger partial charge in [-0.25, -0.2) is 0 Å². The van der Waals surface area contributed by atoms with E-state index in [0.29, 0.717) is 24.3 Å². The van der Waals surface area contributed by atoms with Crippen LogP contribution in [0.2, 0.25) is 5.02 Å². The molecule has 0 saturated heterocycles. The number of carbonyl (C=O) groups excluding carboxylic acids is 1. The Kier molecular flexibility index (Phi) is 5.59. The maximum absolute atomic E-state index is 12.5. The lowest BCUT2D eigenvalue weighted by atomic mass is 9.86. The third kappa shape index (κ3) is 4.70. The van der Waals surface area contributed by atoms with Crippen LogP contribution in [0.1, 0.15) is 45.4 Å². The van der Waals surface area contributed by atoms with Gasteiger partial charge in [0.2, 0.25) is 5.91 Å². The van der Waals surface area contributed by atoms with Crippen LogP contribution in [0.4, 0.5) is 11.4 Å². The molecule has 1 aromatic rings. The zero-order valence-electron chi connectivity index (χ0n) is 14.4. The first-order valence-corrected chi connectivity index (χ1v) is 9.31. The highest BCUT2D eigenvalue weighted by Gasteiger charge is 2.36. The first-order valence-electron chi connectivity index (χ1n) is 8.93. The van der Waals surface area contributed by atoms with E-state index in [9.17, 15) is 14.9 Å². The summed E-state index contributed by atoms with van der Waals surface area (Å²) in [6, 6.07) is 5.11. The fraction of sp³-hybridized carbons (Fsp3) is 0.611. The van der Waals surface area contributed by atoms with Crippen molar-refractivity contribution in [2.75, 3.05) is 11.9 Å². The number of benzene rings is 1. The van der Waals surface area contributed by atoms with E-state index in [1.165, 1.54) is 31.0 Å². The van der Waals surface area contributed by atoms with Gasteiger partial charge in [-0.3, -0.25) is 19.8 Å². The van der Waals surface area contributed by atoms with Gasteiger partial charge in [-0.15, -0.1) is 0 Å². The number of anilines is 1. The predicted molar refractivity (Wildman–Crippen MR) is 97.9 cm³/mol. The standard InChI is InChI=1S/C18H24ClN3O3/c1-12-2-4-13(5-3-12)21(14-6-7-14)11-18(23)20-17-9-8-15(22(24)25)10-16(17)19/h8-10,12-14H,2-7,11H2,1H3,(H,20,23). The minimum absolute atomic E-state index is 0.0843. The first kappa shape index (κ1) is 18.1. The number of nitro groups is 1. The first-order chi connectivity index (χ1) is 11.9. The third-order valence-electron chi connectivity index (χ3n) is 5.23. The molecule has 6 nitrogen and oxygen atoms in total. The van der Waals surface area contributed by atoms with E-state index in [1.54, 1.807) is 0 Å². The molecule has 2 saturated carbocycles. The van der Waals surface area contributed by atoms with Crippen molar-refractivity contribution in [3.63, 3.8) is 0 Å². The molecule has 1 aromatic carbocycles. The quantitative estimate of drug-likeness (QED) is 0.604. The van der Waals surface area contributed by atoms with Gasteiger partial charge in [-0.2, -0.15) is 0 Å². The molecule has 3 rings (SSSR count). The number of carbonyl (C=O) groups is 1. The van der Waals surface area contributed by atoms with Gasteiger partial charge in [0.05, 0.1) is 22.2 Å². The topological polar surface area (TPSA) is 75.5 Å². The summed E-state index contributed by atoms with van der Waals surface area (Å²) in [6.07, 6.45) is 7.09. The Balaban J connectivity index is 1.61. The minimum atomic E-state index is -0.504. The van der Waals surface area contributed by atoms with Crippen LogP contribution < -0.4 is 5.32 Å².